The monoisotopic (exact) mass is 369 g/mol. The number of para-hydroxylation sites is 1. The third-order valence-corrected chi connectivity index (χ3v) is 5.48. The van der Waals surface area contributed by atoms with E-state index in [9.17, 15) is 0 Å². The third kappa shape index (κ3) is 3.07. The van der Waals surface area contributed by atoms with Gasteiger partial charge in [0.25, 0.3) is 0 Å². The predicted molar refractivity (Wildman–Crippen MR) is 115 cm³/mol. The van der Waals surface area contributed by atoms with Gasteiger partial charge in [0.15, 0.2) is 5.82 Å². The van der Waals surface area contributed by atoms with Gasteiger partial charge in [0.2, 0.25) is 5.96 Å². The minimum Gasteiger partial charge on any atom is -0.308 e. The Labute approximate surface area is 164 Å². The molecule has 1 fully saturated rings. The number of fused-ring (bicyclic) bond motifs is 1. The first-order chi connectivity index (χ1) is 13.7. The number of rotatable bonds is 4. The molecule has 5 rings (SSSR count). The molecule has 5 heteroatoms. The van der Waals surface area contributed by atoms with Gasteiger partial charge in [-0.1, -0.05) is 43.3 Å². The van der Waals surface area contributed by atoms with E-state index in [0.717, 1.165) is 40.2 Å². The lowest BCUT2D eigenvalue weighted by atomic mass is 10.0. The first-order valence-electron chi connectivity index (χ1n) is 9.99. The van der Waals surface area contributed by atoms with Crippen molar-refractivity contribution >= 4 is 28.4 Å². The third-order valence-electron chi connectivity index (χ3n) is 5.48. The smallest absolute Gasteiger partial charge is 0.224 e. The molecule has 1 aliphatic heterocycles. The van der Waals surface area contributed by atoms with Crippen LogP contribution in [0.25, 0.3) is 22.3 Å². The van der Waals surface area contributed by atoms with E-state index >= 15 is 0 Å². The largest absolute Gasteiger partial charge is 0.308 e. The number of hydrogen-bond acceptors (Lipinski definition) is 5. The summed E-state index contributed by atoms with van der Waals surface area (Å²) in [6, 6.07) is 16.8. The number of anilines is 1. The van der Waals surface area contributed by atoms with Crippen molar-refractivity contribution in [3.05, 3.63) is 54.1 Å². The lowest BCUT2D eigenvalue weighted by Crippen LogP contribution is -2.11. The van der Waals surface area contributed by atoms with Crippen LogP contribution in [0.3, 0.4) is 0 Å². The number of aliphatic imine (C=N–C) groups is 2. The summed E-state index contributed by atoms with van der Waals surface area (Å²) in [5.74, 6) is 2.79. The lowest BCUT2D eigenvalue weighted by Gasteiger charge is -2.12. The molecule has 5 nitrogen and oxygen atoms in total. The number of hydrogen-bond donors (Lipinski definition) is 1. The van der Waals surface area contributed by atoms with Gasteiger partial charge in [-0.15, -0.1) is 0 Å². The van der Waals surface area contributed by atoms with E-state index in [1.165, 1.54) is 18.4 Å². The zero-order valence-electron chi connectivity index (χ0n) is 16.2. The minimum atomic E-state index is 0.158. The van der Waals surface area contributed by atoms with Gasteiger partial charge in [0.1, 0.15) is 5.82 Å². The van der Waals surface area contributed by atoms with E-state index in [4.69, 9.17) is 9.97 Å². The van der Waals surface area contributed by atoms with Crippen LogP contribution < -0.4 is 5.32 Å². The van der Waals surface area contributed by atoms with Gasteiger partial charge in [0, 0.05) is 16.7 Å². The number of aromatic nitrogens is 2. The van der Waals surface area contributed by atoms with Crippen molar-refractivity contribution in [2.24, 2.45) is 9.98 Å². The Kier molecular flexibility index (Phi) is 4.15. The van der Waals surface area contributed by atoms with E-state index in [-0.39, 0.29) is 6.04 Å². The summed E-state index contributed by atoms with van der Waals surface area (Å²) < 4.78 is 0. The van der Waals surface area contributed by atoms with E-state index in [1.807, 2.05) is 31.2 Å². The molecule has 1 saturated carbocycles. The molecule has 1 N–H and O–H groups in total. The maximum absolute atomic E-state index is 4.91. The molecule has 0 amide bonds. The standard InChI is InChI=1S/C23H23N5/c1-3-19-14(2)24-23(26-19)28-22-18-10-6-7-11-20(18)25-21(27-22)17-9-5-4-8-16(17)15-12-13-15/h4-11,15,19H,3,12-13H2,1-2H3,(H,25,26,27,28)/t19-/m1/s1. The Balaban J connectivity index is 1.62. The Bertz CT molecular complexity index is 1110. The first-order valence-corrected chi connectivity index (χ1v) is 9.99. The highest BCUT2D eigenvalue weighted by atomic mass is 15.2. The highest BCUT2D eigenvalue weighted by Gasteiger charge is 2.27. The van der Waals surface area contributed by atoms with Crippen LogP contribution in [-0.2, 0) is 0 Å². The van der Waals surface area contributed by atoms with Crippen LogP contribution in [0.5, 0.6) is 0 Å². The van der Waals surface area contributed by atoms with Crippen molar-refractivity contribution in [3.63, 3.8) is 0 Å². The van der Waals surface area contributed by atoms with Crippen molar-refractivity contribution in [1.82, 2.24) is 9.97 Å². The molecular weight excluding hydrogens is 346 g/mol. The molecule has 3 aromatic rings. The second-order valence-electron chi connectivity index (χ2n) is 7.53. The van der Waals surface area contributed by atoms with E-state index in [2.05, 4.69) is 46.5 Å². The molecule has 0 spiro atoms. The SMILES string of the molecule is CC[C@H]1N=C(Nc2nc(-c3ccccc3C3CC3)nc3ccccc23)N=C1C. The fourth-order valence-corrected chi connectivity index (χ4v) is 3.81. The molecule has 28 heavy (non-hydrogen) atoms. The van der Waals surface area contributed by atoms with Crippen LogP contribution in [0, 0.1) is 0 Å². The topological polar surface area (TPSA) is 62.5 Å². The number of nitrogens with one attached hydrogen (secondary N) is 1. The summed E-state index contributed by atoms with van der Waals surface area (Å²) in [5.41, 5.74) is 4.44. The van der Waals surface area contributed by atoms with Gasteiger partial charge >= 0.3 is 0 Å². The van der Waals surface area contributed by atoms with Gasteiger partial charge in [-0.2, -0.15) is 0 Å². The first kappa shape index (κ1) is 17.0. The zero-order chi connectivity index (χ0) is 19.1. The molecule has 2 aromatic carbocycles. The average molecular weight is 369 g/mol. The molecule has 1 aliphatic carbocycles. The summed E-state index contributed by atoms with van der Waals surface area (Å²) in [6.07, 6.45) is 3.45. The van der Waals surface area contributed by atoms with Crippen molar-refractivity contribution in [2.75, 3.05) is 5.32 Å². The number of nitrogens with zero attached hydrogens (tertiary/aromatic N) is 4. The zero-order valence-corrected chi connectivity index (χ0v) is 16.2. The Morgan fingerprint density at radius 1 is 1.00 bits per heavy atom. The second-order valence-corrected chi connectivity index (χ2v) is 7.53. The van der Waals surface area contributed by atoms with Gasteiger partial charge in [-0.3, -0.25) is 0 Å². The van der Waals surface area contributed by atoms with Crippen LogP contribution in [0.15, 0.2) is 58.5 Å². The van der Waals surface area contributed by atoms with E-state index < -0.39 is 0 Å². The molecule has 2 aliphatic rings. The highest BCUT2D eigenvalue weighted by Crippen LogP contribution is 2.44. The van der Waals surface area contributed by atoms with Crippen LogP contribution in [0.1, 0.15) is 44.6 Å². The molecule has 1 atom stereocenters. The van der Waals surface area contributed by atoms with Crippen molar-refractivity contribution in [1.29, 1.82) is 0 Å². The molecule has 2 heterocycles. The molecule has 0 unspecified atom stereocenters. The average Bonchev–Trinajstić information content (AvgIpc) is 3.51. The molecule has 140 valence electrons. The van der Waals surface area contributed by atoms with Crippen LogP contribution >= 0.6 is 0 Å². The highest BCUT2D eigenvalue weighted by molar-refractivity contribution is 6.11. The lowest BCUT2D eigenvalue weighted by molar-refractivity contribution is 0.832. The van der Waals surface area contributed by atoms with Crippen LogP contribution in [0.4, 0.5) is 5.82 Å². The Hall–Kier alpha value is -3.08. The summed E-state index contributed by atoms with van der Waals surface area (Å²) in [4.78, 5) is 19.1. The number of guanidine groups is 1. The summed E-state index contributed by atoms with van der Waals surface area (Å²) >= 11 is 0. The summed E-state index contributed by atoms with van der Waals surface area (Å²) in [7, 11) is 0. The predicted octanol–water partition coefficient (Wildman–Crippen LogP) is 5.20. The molecule has 0 bridgehead atoms. The maximum atomic E-state index is 4.91. The van der Waals surface area contributed by atoms with E-state index in [1.54, 1.807) is 0 Å². The van der Waals surface area contributed by atoms with Gasteiger partial charge < -0.3 is 5.32 Å². The molecular formula is C23H23N5. The van der Waals surface area contributed by atoms with Crippen molar-refractivity contribution < 1.29 is 0 Å². The fourth-order valence-electron chi connectivity index (χ4n) is 3.81. The van der Waals surface area contributed by atoms with Crippen LogP contribution in [-0.4, -0.2) is 27.7 Å². The maximum Gasteiger partial charge on any atom is 0.224 e. The fraction of sp³-hybridized carbons (Fsp3) is 0.304. The second kappa shape index (κ2) is 6.82. The Morgan fingerprint density at radius 2 is 1.79 bits per heavy atom. The van der Waals surface area contributed by atoms with E-state index in [0.29, 0.717) is 11.9 Å². The molecule has 1 aromatic heterocycles. The number of benzene rings is 2. The minimum absolute atomic E-state index is 0.158. The van der Waals surface area contributed by atoms with Crippen molar-refractivity contribution in [2.45, 2.75) is 45.1 Å². The summed E-state index contributed by atoms with van der Waals surface area (Å²) in [6.45, 7) is 4.16. The molecule has 0 saturated heterocycles. The quantitative estimate of drug-likeness (QED) is 0.688. The van der Waals surface area contributed by atoms with Crippen molar-refractivity contribution in [3.8, 4) is 11.4 Å². The normalized spacial score (nSPS) is 18.9. The van der Waals surface area contributed by atoms with Gasteiger partial charge in [-0.25, -0.2) is 20.0 Å². The van der Waals surface area contributed by atoms with Gasteiger partial charge in [-0.05, 0) is 49.8 Å². The summed E-state index contributed by atoms with van der Waals surface area (Å²) in [5, 5.41) is 4.34. The van der Waals surface area contributed by atoms with Gasteiger partial charge in [0.05, 0.1) is 11.6 Å². The van der Waals surface area contributed by atoms with Crippen LogP contribution in [0.2, 0.25) is 0 Å². The molecule has 0 radical (unpaired) electrons. The Morgan fingerprint density at radius 3 is 2.57 bits per heavy atom.